The van der Waals surface area contributed by atoms with Crippen LogP contribution < -0.4 is 0 Å². The smallest absolute Gasteiger partial charge is 0.410 e. The lowest BCUT2D eigenvalue weighted by atomic mass is 9.62. The summed E-state index contributed by atoms with van der Waals surface area (Å²) < 4.78 is 10.2. The van der Waals surface area contributed by atoms with Crippen molar-refractivity contribution in [1.82, 2.24) is 4.90 Å². The van der Waals surface area contributed by atoms with Gasteiger partial charge in [-0.2, -0.15) is 0 Å². The third-order valence-corrected chi connectivity index (χ3v) is 3.88. The van der Waals surface area contributed by atoms with Crippen LogP contribution in [0.1, 0.15) is 33.6 Å². The van der Waals surface area contributed by atoms with Gasteiger partial charge in [-0.3, -0.25) is 4.79 Å². The Morgan fingerprint density at radius 1 is 1.33 bits per heavy atom. The van der Waals surface area contributed by atoms with Crippen molar-refractivity contribution < 1.29 is 19.1 Å². The SMILES string of the molecule is COC(=O)[C@]12CC[C@@H]1CN(C(=O)OC(C)(C)C)C2. The number of rotatable bonds is 1. The van der Waals surface area contributed by atoms with Crippen molar-refractivity contribution >= 4 is 12.1 Å². The summed E-state index contributed by atoms with van der Waals surface area (Å²) in [5.74, 6) is 0.0438. The molecule has 5 nitrogen and oxygen atoms in total. The Balaban J connectivity index is 2.03. The van der Waals surface area contributed by atoms with Crippen molar-refractivity contribution in [2.75, 3.05) is 20.2 Å². The van der Waals surface area contributed by atoms with Crippen LogP contribution in [-0.2, 0) is 14.3 Å². The summed E-state index contributed by atoms with van der Waals surface area (Å²) in [6, 6.07) is 0. The molecule has 18 heavy (non-hydrogen) atoms. The number of methoxy groups -OCH3 is 1. The molecule has 0 N–H and O–H groups in total. The summed E-state index contributed by atoms with van der Waals surface area (Å²) >= 11 is 0. The van der Waals surface area contributed by atoms with Crippen molar-refractivity contribution in [3.63, 3.8) is 0 Å². The van der Waals surface area contributed by atoms with Gasteiger partial charge in [0.05, 0.1) is 12.5 Å². The van der Waals surface area contributed by atoms with Crippen LogP contribution in [-0.4, -0.2) is 42.8 Å². The molecule has 5 heteroatoms. The van der Waals surface area contributed by atoms with Crippen LogP contribution in [0.15, 0.2) is 0 Å². The number of nitrogens with zero attached hydrogens (tertiary/aromatic N) is 1. The molecule has 0 unspecified atom stereocenters. The summed E-state index contributed by atoms with van der Waals surface area (Å²) in [5, 5.41) is 0. The Morgan fingerprint density at radius 2 is 2.00 bits per heavy atom. The Bertz CT molecular complexity index is 374. The molecule has 1 aliphatic heterocycles. The molecular weight excluding hydrogens is 234 g/mol. The van der Waals surface area contributed by atoms with Crippen molar-refractivity contribution in [1.29, 1.82) is 0 Å². The van der Waals surface area contributed by atoms with Crippen LogP contribution >= 0.6 is 0 Å². The molecule has 2 atom stereocenters. The second kappa shape index (κ2) is 4.14. The number of hydrogen-bond donors (Lipinski definition) is 0. The number of esters is 1. The normalized spacial score (nSPS) is 30.4. The van der Waals surface area contributed by atoms with E-state index in [1.807, 2.05) is 20.8 Å². The highest BCUT2D eigenvalue weighted by Crippen LogP contribution is 2.52. The van der Waals surface area contributed by atoms with Gasteiger partial charge in [-0.05, 0) is 39.5 Å². The van der Waals surface area contributed by atoms with E-state index < -0.39 is 11.0 Å². The zero-order chi connectivity index (χ0) is 13.6. The first-order chi connectivity index (χ1) is 8.28. The summed E-state index contributed by atoms with van der Waals surface area (Å²) in [6.07, 6.45) is 1.46. The van der Waals surface area contributed by atoms with E-state index in [2.05, 4.69) is 0 Å². The highest BCUT2D eigenvalue weighted by Gasteiger charge is 2.60. The highest BCUT2D eigenvalue weighted by atomic mass is 16.6. The van der Waals surface area contributed by atoms with Gasteiger partial charge in [0, 0.05) is 13.1 Å². The maximum atomic E-state index is 12.0. The quantitative estimate of drug-likeness (QED) is 0.670. The molecule has 2 fully saturated rings. The van der Waals surface area contributed by atoms with Crippen molar-refractivity contribution in [3.05, 3.63) is 0 Å². The fraction of sp³-hybridized carbons (Fsp3) is 0.846. The Kier molecular flexibility index (Phi) is 3.03. The third kappa shape index (κ3) is 2.06. The lowest BCUT2D eigenvalue weighted by Crippen LogP contribution is -2.47. The molecule has 1 aliphatic carbocycles. The molecule has 0 spiro atoms. The van der Waals surface area contributed by atoms with Gasteiger partial charge in [0.15, 0.2) is 0 Å². The van der Waals surface area contributed by atoms with Crippen LogP contribution in [0.4, 0.5) is 4.79 Å². The minimum Gasteiger partial charge on any atom is -0.469 e. The number of carbonyl (C=O) groups is 2. The fourth-order valence-electron chi connectivity index (χ4n) is 2.84. The monoisotopic (exact) mass is 255 g/mol. The zero-order valence-electron chi connectivity index (χ0n) is 11.5. The van der Waals surface area contributed by atoms with E-state index in [1.165, 1.54) is 7.11 Å². The number of ether oxygens (including phenoxy) is 2. The van der Waals surface area contributed by atoms with Crippen LogP contribution in [0, 0.1) is 11.3 Å². The number of amides is 1. The van der Waals surface area contributed by atoms with E-state index in [0.29, 0.717) is 13.1 Å². The van der Waals surface area contributed by atoms with Gasteiger partial charge in [-0.1, -0.05) is 0 Å². The molecule has 2 aliphatic rings. The lowest BCUT2D eigenvalue weighted by Gasteiger charge is -2.40. The van der Waals surface area contributed by atoms with Crippen LogP contribution in [0.2, 0.25) is 0 Å². The van der Waals surface area contributed by atoms with E-state index in [0.717, 1.165) is 12.8 Å². The van der Waals surface area contributed by atoms with Crippen molar-refractivity contribution in [3.8, 4) is 0 Å². The van der Waals surface area contributed by atoms with Crippen LogP contribution in [0.5, 0.6) is 0 Å². The van der Waals surface area contributed by atoms with Gasteiger partial charge in [0.1, 0.15) is 5.60 Å². The van der Waals surface area contributed by atoms with Gasteiger partial charge in [-0.25, -0.2) is 4.79 Å². The predicted molar refractivity (Wildman–Crippen MR) is 65.0 cm³/mol. The maximum Gasteiger partial charge on any atom is 0.410 e. The zero-order valence-corrected chi connectivity index (χ0v) is 11.5. The van der Waals surface area contributed by atoms with Crippen molar-refractivity contribution in [2.45, 2.75) is 39.2 Å². The molecule has 1 saturated carbocycles. The van der Waals surface area contributed by atoms with E-state index in [9.17, 15) is 9.59 Å². The van der Waals surface area contributed by atoms with Gasteiger partial charge < -0.3 is 14.4 Å². The molecule has 2 rings (SSSR count). The first-order valence-corrected chi connectivity index (χ1v) is 6.35. The van der Waals surface area contributed by atoms with Gasteiger partial charge in [0.2, 0.25) is 0 Å². The summed E-state index contributed by atoms with van der Waals surface area (Å²) in [4.78, 5) is 25.5. The second-order valence-electron chi connectivity index (χ2n) is 6.24. The van der Waals surface area contributed by atoms with E-state index in [-0.39, 0.29) is 18.0 Å². The Hall–Kier alpha value is -1.26. The number of hydrogen-bond acceptors (Lipinski definition) is 4. The van der Waals surface area contributed by atoms with Crippen molar-refractivity contribution in [2.24, 2.45) is 11.3 Å². The minimum absolute atomic E-state index is 0.190. The molecule has 0 bridgehead atoms. The van der Waals surface area contributed by atoms with Gasteiger partial charge in [0.25, 0.3) is 0 Å². The number of carbonyl (C=O) groups excluding carboxylic acids is 2. The molecule has 0 aromatic rings. The minimum atomic E-state index is -0.503. The first kappa shape index (κ1) is 13.2. The molecule has 0 radical (unpaired) electrons. The van der Waals surface area contributed by atoms with Crippen LogP contribution in [0.25, 0.3) is 0 Å². The topological polar surface area (TPSA) is 55.8 Å². The number of fused-ring (bicyclic) bond motifs is 1. The van der Waals surface area contributed by atoms with E-state index in [1.54, 1.807) is 4.90 Å². The molecular formula is C13H21NO4. The Morgan fingerprint density at radius 3 is 2.44 bits per heavy atom. The van der Waals surface area contributed by atoms with Crippen LogP contribution in [0.3, 0.4) is 0 Å². The molecule has 0 aromatic carbocycles. The van der Waals surface area contributed by atoms with E-state index in [4.69, 9.17) is 9.47 Å². The second-order valence-corrected chi connectivity index (χ2v) is 6.24. The third-order valence-electron chi connectivity index (χ3n) is 3.88. The molecule has 0 aromatic heterocycles. The molecule has 1 heterocycles. The van der Waals surface area contributed by atoms with Gasteiger partial charge >= 0.3 is 12.1 Å². The van der Waals surface area contributed by atoms with Gasteiger partial charge in [-0.15, -0.1) is 0 Å². The largest absolute Gasteiger partial charge is 0.469 e. The fourth-order valence-corrected chi connectivity index (χ4v) is 2.84. The first-order valence-electron chi connectivity index (χ1n) is 6.35. The summed E-state index contributed by atoms with van der Waals surface area (Å²) in [6.45, 7) is 6.55. The van der Waals surface area contributed by atoms with E-state index >= 15 is 0 Å². The highest BCUT2D eigenvalue weighted by molar-refractivity contribution is 5.81. The summed E-state index contributed by atoms with van der Waals surface area (Å²) in [7, 11) is 1.41. The Labute approximate surface area is 107 Å². The number of likely N-dealkylation sites (tertiary alicyclic amines) is 1. The average Bonchev–Trinajstić information content (AvgIpc) is 2.49. The molecule has 1 saturated heterocycles. The lowest BCUT2D eigenvalue weighted by molar-refractivity contribution is -0.160. The predicted octanol–water partition coefficient (Wildman–Crippen LogP) is 1.81. The average molecular weight is 255 g/mol. The summed E-state index contributed by atoms with van der Waals surface area (Å²) in [5.41, 5.74) is -0.969. The standard InChI is InChI=1S/C13H21NO4/c1-12(2,3)18-11(16)14-7-9-5-6-13(9,8-14)10(15)17-4/h9H,5-8H2,1-4H3/t9-,13+/m1/s1. The maximum absolute atomic E-state index is 12.0. The molecule has 1 amide bonds. The molecule has 102 valence electrons.